The van der Waals surface area contributed by atoms with Crippen molar-refractivity contribution in [2.75, 3.05) is 7.11 Å². The van der Waals surface area contributed by atoms with Crippen molar-refractivity contribution < 1.29 is 14.3 Å². The highest BCUT2D eigenvalue weighted by atomic mass is 35.5. The van der Waals surface area contributed by atoms with E-state index in [0.717, 1.165) is 11.3 Å². The van der Waals surface area contributed by atoms with Gasteiger partial charge in [-0.2, -0.15) is 0 Å². The van der Waals surface area contributed by atoms with Gasteiger partial charge in [-0.25, -0.2) is 4.79 Å². The van der Waals surface area contributed by atoms with E-state index < -0.39 is 11.9 Å². The number of rotatable bonds is 3. The molecule has 4 nitrogen and oxygen atoms in total. The molecule has 2 aliphatic rings. The third-order valence-corrected chi connectivity index (χ3v) is 7.23. The van der Waals surface area contributed by atoms with Crippen LogP contribution in [0.2, 0.25) is 10.0 Å². The Bertz CT molecular complexity index is 1060. The van der Waals surface area contributed by atoms with Crippen molar-refractivity contribution in [1.29, 1.82) is 0 Å². The molecule has 0 unspecified atom stereocenters. The molecular formula is C22H19Cl2NO3S. The number of dihydropyridines is 1. The minimum atomic E-state index is -0.537. The Morgan fingerprint density at radius 3 is 2.66 bits per heavy atom. The Morgan fingerprint density at radius 2 is 2.00 bits per heavy atom. The van der Waals surface area contributed by atoms with Crippen molar-refractivity contribution >= 4 is 46.3 Å². The number of nitrogens with one attached hydrogen (secondary N) is 1. The number of carbonyl (C=O) groups is 2. The van der Waals surface area contributed by atoms with E-state index in [9.17, 15) is 9.59 Å². The summed E-state index contributed by atoms with van der Waals surface area (Å²) in [5.41, 5.74) is 3.33. The fourth-order valence-corrected chi connectivity index (χ4v) is 5.31. The molecule has 1 aliphatic heterocycles. The van der Waals surface area contributed by atoms with E-state index in [-0.39, 0.29) is 11.7 Å². The van der Waals surface area contributed by atoms with E-state index in [1.165, 1.54) is 12.0 Å². The van der Waals surface area contributed by atoms with Crippen molar-refractivity contribution in [3.8, 4) is 0 Å². The third kappa shape index (κ3) is 3.63. The van der Waals surface area contributed by atoms with Crippen LogP contribution in [-0.2, 0) is 14.3 Å². The van der Waals surface area contributed by atoms with Crippen LogP contribution < -0.4 is 5.32 Å². The number of allylic oxidation sites excluding steroid dienone is 3. The minimum absolute atomic E-state index is 0.0297. The van der Waals surface area contributed by atoms with Gasteiger partial charge in [0.15, 0.2) is 5.78 Å². The first-order valence-electron chi connectivity index (χ1n) is 9.21. The quantitative estimate of drug-likeness (QED) is 0.622. The van der Waals surface area contributed by atoms with Crippen LogP contribution in [0.3, 0.4) is 0 Å². The predicted octanol–water partition coefficient (Wildman–Crippen LogP) is 5.59. The van der Waals surface area contributed by atoms with Crippen molar-refractivity contribution in [2.45, 2.75) is 31.6 Å². The largest absolute Gasteiger partial charge is 0.466 e. The first kappa shape index (κ1) is 20.2. The van der Waals surface area contributed by atoms with E-state index >= 15 is 0 Å². The Balaban J connectivity index is 1.84. The molecule has 0 fully saturated rings. The van der Waals surface area contributed by atoms with Gasteiger partial charge < -0.3 is 10.1 Å². The zero-order valence-electron chi connectivity index (χ0n) is 15.9. The zero-order chi connectivity index (χ0) is 20.7. The van der Waals surface area contributed by atoms with Gasteiger partial charge in [0.1, 0.15) is 0 Å². The molecule has 29 heavy (non-hydrogen) atoms. The molecular weight excluding hydrogens is 429 g/mol. The maximum absolute atomic E-state index is 13.3. The Kier molecular flexibility index (Phi) is 5.56. The van der Waals surface area contributed by atoms with Gasteiger partial charge in [0.25, 0.3) is 0 Å². The first-order valence-corrected chi connectivity index (χ1v) is 10.8. The zero-order valence-corrected chi connectivity index (χ0v) is 18.3. The summed E-state index contributed by atoms with van der Waals surface area (Å²) in [4.78, 5) is 27.1. The van der Waals surface area contributed by atoms with Crippen LogP contribution in [0.25, 0.3) is 0 Å². The lowest BCUT2D eigenvalue weighted by Crippen LogP contribution is -2.35. The van der Waals surface area contributed by atoms with Crippen molar-refractivity contribution in [3.05, 3.63) is 78.7 Å². The molecule has 7 heteroatoms. The normalized spacial score (nSPS) is 21.7. The fraction of sp³-hybridized carbons (Fsp3) is 0.273. The lowest BCUT2D eigenvalue weighted by Gasteiger charge is -2.36. The number of esters is 1. The second kappa shape index (κ2) is 7.98. The number of halogens is 2. The monoisotopic (exact) mass is 447 g/mol. The molecule has 0 bridgehead atoms. The summed E-state index contributed by atoms with van der Waals surface area (Å²) in [6.45, 7) is 1.83. The van der Waals surface area contributed by atoms with Crippen LogP contribution in [-0.4, -0.2) is 18.9 Å². The van der Waals surface area contributed by atoms with Gasteiger partial charge in [0.05, 0.1) is 22.7 Å². The molecule has 0 saturated heterocycles. The second-order valence-electron chi connectivity index (χ2n) is 7.20. The van der Waals surface area contributed by atoms with E-state index in [1.807, 2.05) is 24.4 Å². The molecule has 4 rings (SSSR count). The van der Waals surface area contributed by atoms with Gasteiger partial charge in [-0.15, -0.1) is 11.3 Å². The Hall–Kier alpha value is -2.08. The summed E-state index contributed by atoms with van der Waals surface area (Å²) >= 11 is 14.0. The predicted molar refractivity (Wildman–Crippen MR) is 115 cm³/mol. The lowest BCUT2D eigenvalue weighted by atomic mass is 9.72. The van der Waals surface area contributed by atoms with Crippen molar-refractivity contribution in [1.82, 2.24) is 5.32 Å². The van der Waals surface area contributed by atoms with Crippen LogP contribution in [0.4, 0.5) is 0 Å². The smallest absolute Gasteiger partial charge is 0.336 e. The number of thiophene rings is 1. The van der Waals surface area contributed by atoms with Crippen molar-refractivity contribution in [2.24, 2.45) is 0 Å². The Morgan fingerprint density at radius 1 is 1.21 bits per heavy atom. The molecule has 1 aromatic heterocycles. The van der Waals surface area contributed by atoms with E-state index in [1.54, 1.807) is 23.5 Å². The summed E-state index contributed by atoms with van der Waals surface area (Å²) in [6.07, 6.45) is 1.12. The number of hydrogen-bond acceptors (Lipinski definition) is 5. The molecule has 0 saturated carbocycles. The van der Waals surface area contributed by atoms with Crippen LogP contribution in [0.5, 0.6) is 0 Å². The lowest BCUT2D eigenvalue weighted by molar-refractivity contribution is -0.136. The molecule has 2 atom stereocenters. The number of benzene rings is 1. The van der Waals surface area contributed by atoms with Gasteiger partial charge in [-0.1, -0.05) is 35.3 Å². The molecule has 1 aliphatic carbocycles. The molecule has 2 aromatic rings. The fourth-order valence-electron chi connectivity index (χ4n) is 4.17. The molecule has 1 N–H and O–H groups in total. The summed E-state index contributed by atoms with van der Waals surface area (Å²) < 4.78 is 5.03. The number of ether oxygens (including phenoxy) is 1. The van der Waals surface area contributed by atoms with Gasteiger partial charge in [-0.05, 0) is 42.5 Å². The van der Waals surface area contributed by atoms with Crippen LogP contribution in [0.1, 0.15) is 42.0 Å². The molecule has 1 aromatic carbocycles. The summed E-state index contributed by atoms with van der Waals surface area (Å²) in [7, 11) is 1.34. The standard InChI is InChI=1S/C22H19Cl2NO3S/c1-11-19(22(27)28-2)20(12-5-6-14(23)15(24)8-12)21-16(25-11)9-13(10-17(21)26)18-4-3-7-29-18/h3-8,13,20,25H,9-10H2,1-2H3/t13-,20-/m0/s1. The average Bonchev–Trinajstić information content (AvgIpc) is 3.23. The highest BCUT2D eigenvalue weighted by Crippen LogP contribution is 2.46. The topological polar surface area (TPSA) is 55.4 Å². The van der Waals surface area contributed by atoms with Gasteiger partial charge in [0, 0.05) is 40.1 Å². The minimum Gasteiger partial charge on any atom is -0.466 e. The van der Waals surface area contributed by atoms with Crippen LogP contribution in [0.15, 0.2) is 58.3 Å². The third-order valence-electron chi connectivity index (χ3n) is 5.46. The molecule has 0 spiro atoms. The summed E-state index contributed by atoms with van der Waals surface area (Å²) in [5.74, 6) is -0.839. The summed E-state index contributed by atoms with van der Waals surface area (Å²) in [6, 6.07) is 9.29. The van der Waals surface area contributed by atoms with E-state index in [4.69, 9.17) is 27.9 Å². The number of ketones is 1. The van der Waals surface area contributed by atoms with E-state index in [2.05, 4.69) is 11.4 Å². The second-order valence-corrected chi connectivity index (χ2v) is 8.99. The van der Waals surface area contributed by atoms with Crippen LogP contribution >= 0.6 is 34.5 Å². The van der Waals surface area contributed by atoms with E-state index in [0.29, 0.717) is 39.7 Å². The maximum Gasteiger partial charge on any atom is 0.336 e. The number of hydrogen-bond donors (Lipinski definition) is 1. The van der Waals surface area contributed by atoms with Crippen LogP contribution in [0, 0.1) is 0 Å². The molecule has 0 radical (unpaired) electrons. The Labute approximate surface area is 183 Å². The molecule has 2 heterocycles. The van der Waals surface area contributed by atoms with Gasteiger partial charge in [-0.3, -0.25) is 4.79 Å². The first-order chi connectivity index (χ1) is 13.9. The highest BCUT2D eigenvalue weighted by Gasteiger charge is 2.41. The number of Topliss-reactive ketones (excluding diaryl/α,β-unsaturated/α-hetero) is 1. The molecule has 150 valence electrons. The summed E-state index contributed by atoms with van der Waals surface area (Å²) in [5, 5.41) is 6.14. The van der Waals surface area contributed by atoms with Gasteiger partial charge >= 0.3 is 5.97 Å². The SMILES string of the molecule is COC(=O)C1=C(C)NC2=C(C(=O)C[C@@H](c3cccs3)C2)[C@H]1c1ccc(Cl)c(Cl)c1. The number of methoxy groups -OCH3 is 1. The molecule has 0 amide bonds. The highest BCUT2D eigenvalue weighted by molar-refractivity contribution is 7.10. The number of carbonyl (C=O) groups excluding carboxylic acids is 2. The van der Waals surface area contributed by atoms with Gasteiger partial charge in [0.2, 0.25) is 0 Å². The maximum atomic E-state index is 13.3. The van der Waals surface area contributed by atoms with Crippen molar-refractivity contribution in [3.63, 3.8) is 0 Å². The average molecular weight is 448 g/mol.